The van der Waals surface area contributed by atoms with E-state index in [0.717, 1.165) is 6.42 Å². The van der Waals surface area contributed by atoms with Crippen molar-refractivity contribution in [3.05, 3.63) is 46.0 Å². The molecule has 4 rings (SSSR count). The minimum absolute atomic E-state index is 0.155. The van der Waals surface area contributed by atoms with Gasteiger partial charge in [-0.1, -0.05) is 36.3 Å². The highest BCUT2D eigenvalue weighted by molar-refractivity contribution is 6.19. The lowest BCUT2D eigenvalue weighted by molar-refractivity contribution is 0.308. The molecule has 1 saturated carbocycles. The molecule has 0 aliphatic heterocycles. The first kappa shape index (κ1) is 12.7. The van der Waals surface area contributed by atoms with Crippen molar-refractivity contribution >= 4 is 7.85 Å². The molecule has 0 aromatic heterocycles. The second-order valence-corrected chi connectivity index (χ2v) is 7.45. The standard InChI is InChI=1S/C19H23B/c1-13-5-3-6-14-8-9-16-15-7-4-10-18(15,2)11-12-19(16,20)17(13)14/h3,5-6H,4,7-12H2,1-2H3/t18?,19-/m0/s1. The first-order valence-electron chi connectivity index (χ1n) is 8.15. The third kappa shape index (κ3) is 1.50. The van der Waals surface area contributed by atoms with Crippen molar-refractivity contribution in [3.8, 4) is 0 Å². The second-order valence-electron chi connectivity index (χ2n) is 7.45. The van der Waals surface area contributed by atoms with Gasteiger partial charge >= 0.3 is 0 Å². The maximum absolute atomic E-state index is 7.03. The SMILES string of the molecule is [B][C@@]12CCC3(C)CCCC3=C1CCc1cccc(C)c12. The predicted octanol–water partition coefficient (Wildman–Crippen LogP) is 4.59. The quantitative estimate of drug-likeness (QED) is 0.474. The van der Waals surface area contributed by atoms with Gasteiger partial charge in [-0.25, -0.2) is 0 Å². The van der Waals surface area contributed by atoms with Crippen LogP contribution in [0.3, 0.4) is 0 Å². The summed E-state index contributed by atoms with van der Waals surface area (Å²) >= 11 is 0. The van der Waals surface area contributed by atoms with E-state index in [4.69, 9.17) is 7.85 Å². The van der Waals surface area contributed by atoms with E-state index in [1.165, 1.54) is 55.2 Å². The molecule has 0 N–H and O–H groups in total. The smallest absolute Gasteiger partial charge is 0.0684 e. The number of aryl methyl sites for hydroxylation is 2. The minimum Gasteiger partial charge on any atom is -0.0684 e. The van der Waals surface area contributed by atoms with Crippen molar-refractivity contribution in [2.75, 3.05) is 0 Å². The van der Waals surface area contributed by atoms with E-state index >= 15 is 0 Å². The molecule has 0 saturated heterocycles. The normalized spacial score (nSPS) is 35.5. The predicted molar refractivity (Wildman–Crippen MR) is 85.2 cm³/mol. The van der Waals surface area contributed by atoms with Gasteiger partial charge in [-0.3, -0.25) is 0 Å². The Balaban J connectivity index is 1.96. The Labute approximate surface area is 124 Å². The second kappa shape index (κ2) is 4.03. The number of rotatable bonds is 0. The summed E-state index contributed by atoms with van der Waals surface area (Å²) in [5.74, 6) is 0. The highest BCUT2D eigenvalue weighted by atomic mass is 14.5. The molecule has 1 heteroatoms. The van der Waals surface area contributed by atoms with Gasteiger partial charge in [0.25, 0.3) is 0 Å². The Morgan fingerprint density at radius 3 is 2.70 bits per heavy atom. The van der Waals surface area contributed by atoms with E-state index in [2.05, 4.69) is 32.0 Å². The van der Waals surface area contributed by atoms with Crippen LogP contribution in [0.1, 0.15) is 62.1 Å². The number of hydrogen-bond donors (Lipinski definition) is 0. The van der Waals surface area contributed by atoms with Crippen LogP contribution in [0.5, 0.6) is 0 Å². The van der Waals surface area contributed by atoms with Crippen LogP contribution in [-0.2, 0) is 11.7 Å². The van der Waals surface area contributed by atoms with E-state index in [1.54, 1.807) is 11.1 Å². The van der Waals surface area contributed by atoms with Gasteiger partial charge in [0.15, 0.2) is 0 Å². The summed E-state index contributed by atoms with van der Waals surface area (Å²) in [6.45, 7) is 4.72. The van der Waals surface area contributed by atoms with E-state index < -0.39 is 0 Å². The lowest BCUT2D eigenvalue weighted by atomic mass is 9.47. The topological polar surface area (TPSA) is 0 Å². The van der Waals surface area contributed by atoms with Crippen molar-refractivity contribution < 1.29 is 0 Å². The molecule has 0 bridgehead atoms. The molecule has 1 aromatic rings. The Bertz CT molecular complexity index is 612. The van der Waals surface area contributed by atoms with Crippen LogP contribution in [0.15, 0.2) is 29.3 Å². The molecule has 102 valence electrons. The average molecular weight is 262 g/mol. The molecule has 0 nitrogen and oxygen atoms in total. The van der Waals surface area contributed by atoms with Crippen LogP contribution in [-0.4, -0.2) is 7.85 Å². The molecule has 0 amide bonds. The van der Waals surface area contributed by atoms with Gasteiger partial charge in [0, 0.05) is 0 Å². The molecule has 3 aliphatic rings. The van der Waals surface area contributed by atoms with E-state index in [-0.39, 0.29) is 5.31 Å². The fraction of sp³-hybridized carbons (Fsp3) is 0.579. The summed E-state index contributed by atoms with van der Waals surface area (Å²) < 4.78 is 0. The van der Waals surface area contributed by atoms with Gasteiger partial charge in [-0.2, -0.15) is 0 Å². The number of allylic oxidation sites excluding steroid dienone is 2. The molecule has 2 radical (unpaired) electrons. The Kier molecular flexibility index (Phi) is 2.56. The van der Waals surface area contributed by atoms with Crippen LogP contribution in [0.4, 0.5) is 0 Å². The summed E-state index contributed by atoms with van der Waals surface area (Å²) in [6, 6.07) is 6.72. The van der Waals surface area contributed by atoms with Gasteiger partial charge in [-0.15, -0.1) is 0 Å². The maximum atomic E-state index is 7.03. The maximum Gasteiger partial charge on any atom is 0.0870 e. The lowest BCUT2D eigenvalue weighted by Crippen LogP contribution is -2.41. The van der Waals surface area contributed by atoms with Crippen molar-refractivity contribution in [2.24, 2.45) is 5.41 Å². The monoisotopic (exact) mass is 262 g/mol. The minimum atomic E-state index is -0.155. The summed E-state index contributed by atoms with van der Waals surface area (Å²) in [4.78, 5) is 0. The van der Waals surface area contributed by atoms with Crippen LogP contribution in [0.25, 0.3) is 0 Å². The fourth-order valence-corrected chi connectivity index (χ4v) is 5.28. The zero-order valence-corrected chi connectivity index (χ0v) is 12.8. The van der Waals surface area contributed by atoms with Gasteiger partial charge in [0.05, 0.1) is 7.85 Å². The lowest BCUT2D eigenvalue weighted by Gasteiger charge is -2.49. The molecule has 0 spiro atoms. The zero-order valence-electron chi connectivity index (χ0n) is 12.8. The Morgan fingerprint density at radius 2 is 1.85 bits per heavy atom. The first-order valence-corrected chi connectivity index (χ1v) is 8.15. The molecular formula is C19H23B. The third-order valence-electron chi connectivity index (χ3n) is 6.31. The van der Waals surface area contributed by atoms with Crippen LogP contribution < -0.4 is 0 Å². The van der Waals surface area contributed by atoms with Crippen LogP contribution in [0.2, 0.25) is 0 Å². The van der Waals surface area contributed by atoms with Gasteiger partial charge in [0.1, 0.15) is 0 Å². The zero-order chi connectivity index (χ0) is 14.0. The molecule has 1 aromatic carbocycles. The molecule has 1 unspecified atom stereocenters. The first-order chi connectivity index (χ1) is 9.55. The number of hydrogen-bond acceptors (Lipinski definition) is 0. The van der Waals surface area contributed by atoms with Gasteiger partial charge in [-0.05, 0) is 79.3 Å². The molecule has 0 heterocycles. The molecule has 20 heavy (non-hydrogen) atoms. The Morgan fingerprint density at radius 1 is 1.00 bits per heavy atom. The van der Waals surface area contributed by atoms with Crippen molar-refractivity contribution in [1.82, 2.24) is 0 Å². The number of fused-ring (bicyclic) bond motifs is 4. The van der Waals surface area contributed by atoms with Crippen molar-refractivity contribution in [1.29, 1.82) is 0 Å². The Hall–Kier alpha value is -0.975. The van der Waals surface area contributed by atoms with Crippen molar-refractivity contribution in [2.45, 2.75) is 64.1 Å². The highest BCUT2D eigenvalue weighted by Crippen LogP contribution is 2.59. The largest absolute Gasteiger partial charge is 0.0870 e. The summed E-state index contributed by atoms with van der Waals surface area (Å²) in [5.41, 5.74) is 8.18. The van der Waals surface area contributed by atoms with Crippen molar-refractivity contribution in [3.63, 3.8) is 0 Å². The third-order valence-corrected chi connectivity index (χ3v) is 6.31. The summed E-state index contributed by atoms with van der Waals surface area (Å²) in [5, 5.41) is -0.155. The fourth-order valence-electron chi connectivity index (χ4n) is 5.28. The number of benzene rings is 1. The van der Waals surface area contributed by atoms with Crippen LogP contribution >= 0.6 is 0 Å². The summed E-state index contributed by atoms with van der Waals surface area (Å²) in [7, 11) is 7.03. The van der Waals surface area contributed by atoms with E-state index in [9.17, 15) is 0 Å². The highest BCUT2D eigenvalue weighted by Gasteiger charge is 2.47. The summed E-state index contributed by atoms with van der Waals surface area (Å²) in [6.07, 6.45) is 8.83. The average Bonchev–Trinajstić information content (AvgIpc) is 2.80. The molecule has 2 atom stereocenters. The van der Waals surface area contributed by atoms with Crippen LogP contribution in [0, 0.1) is 12.3 Å². The molecular weight excluding hydrogens is 239 g/mol. The van der Waals surface area contributed by atoms with Gasteiger partial charge < -0.3 is 0 Å². The van der Waals surface area contributed by atoms with E-state index in [1.807, 2.05) is 0 Å². The van der Waals surface area contributed by atoms with E-state index in [0.29, 0.717) is 5.41 Å². The molecule has 1 fully saturated rings. The van der Waals surface area contributed by atoms with Gasteiger partial charge in [0.2, 0.25) is 0 Å². The molecule has 3 aliphatic carbocycles.